The molecule has 0 unspecified atom stereocenters. The van der Waals surface area contributed by atoms with Crippen LogP contribution in [-0.2, 0) is 0 Å². The maximum atomic E-state index is 10.2. The van der Waals surface area contributed by atoms with E-state index < -0.39 is 5.60 Å². The first kappa shape index (κ1) is 14.0. The van der Waals surface area contributed by atoms with Gasteiger partial charge in [-0.05, 0) is 30.1 Å². The summed E-state index contributed by atoms with van der Waals surface area (Å²) in [5.74, 6) is 0. The topological polar surface area (TPSA) is 20.2 Å². The van der Waals surface area contributed by atoms with Crippen LogP contribution in [0, 0.1) is 16.2 Å². The van der Waals surface area contributed by atoms with Crippen LogP contribution in [0.1, 0.15) is 62.3 Å². The highest BCUT2D eigenvalue weighted by molar-refractivity contribution is 5.01. The van der Waals surface area contributed by atoms with Gasteiger partial charge in [-0.15, -0.1) is 0 Å². The fourth-order valence-electron chi connectivity index (χ4n) is 1.70. The monoisotopic (exact) mass is 200 g/mol. The second kappa shape index (κ2) is 3.23. The minimum atomic E-state index is -0.663. The van der Waals surface area contributed by atoms with Crippen molar-refractivity contribution in [3.63, 3.8) is 0 Å². The van der Waals surface area contributed by atoms with Gasteiger partial charge in [-0.3, -0.25) is 0 Å². The van der Waals surface area contributed by atoms with Crippen molar-refractivity contribution >= 4 is 0 Å². The van der Waals surface area contributed by atoms with E-state index in [2.05, 4.69) is 48.5 Å². The highest BCUT2D eigenvalue weighted by Crippen LogP contribution is 2.55. The van der Waals surface area contributed by atoms with Crippen LogP contribution in [0.5, 0.6) is 0 Å². The van der Waals surface area contributed by atoms with Gasteiger partial charge in [0.2, 0.25) is 0 Å². The number of rotatable bonds is 2. The summed E-state index contributed by atoms with van der Waals surface area (Å²) >= 11 is 0. The highest BCUT2D eigenvalue weighted by Gasteiger charge is 2.52. The summed E-state index contributed by atoms with van der Waals surface area (Å²) in [5.41, 5.74) is -0.545. The Labute approximate surface area is 89.9 Å². The lowest BCUT2D eigenvalue weighted by Gasteiger charge is -2.56. The molecule has 0 amide bonds. The van der Waals surface area contributed by atoms with E-state index in [1.165, 1.54) is 0 Å². The van der Waals surface area contributed by atoms with Crippen molar-refractivity contribution in [1.82, 2.24) is 0 Å². The Hall–Kier alpha value is -0.0400. The molecule has 0 aromatic rings. The van der Waals surface area contributed by atoms with E-state index in [1.807, 2.05) is 13.8 Å². The van der Waals surface area contributed by atoms with E-state index in [4.69, 9.17) is 0 Å². The smallest absolute Gasteiger partial charge is 0.0647 e. The average Bonchev–Trinajstić information content (AvgIpc) is 1.81. The molecule has 0 radical (unpaired) electrons. The molecule has 0 aromatic heterocycles. The van der Waals surface area contributed by atoms with Gasteiger partial charge in [-0.2, -0.15) is 0 Å². The van der Waals surface area contributed by atoms with Crippen molar-refractivity contribution in [2.45, 2.75) is 67.9 Å². The molecule has 14 heavy (non-hydrogen) atoms. The Bertz CT molecular complexity index is 174. The summed E-state index contributed by atoms with van der Waals surface area (Å²) in [7, 11) is 0. The molecule has 0 atom stereocenters. The lowest BCUT2D eigenvalue weighted by molar-refractivity contribution is -0.140. The van der Waals surface area contributed by atoms with Gasteiger partial charge in [0.1, 0.15) is 0 Å². The first-order valence-corrected chi connectivity index (χ1v) is 5.47. The Balaban J connectivity index is 5.30. The molecule has 0 aliphatic carbocycles. The SMILES string of the molecule is CC(C)(C)C(C)(C)C(C)(C)C(C)(C)O. The van der Waals surface area contributed by atoms with Crippen molar-refractivity contribution in [1.29, 1.82) is 0 Å². The Kier molecular flexibility index (Phi) is 3.22. The molecule has 0 bridgehead atoms. The summed E-state index contributed by atoms with van der Waals surface area (Å²) in [6.07, 6.45) is 0. The van der Waals surface area contributed by atoms with E-state index in [0.29, 0.717) is 0 Å². The molecule has 0 aromatic carbocycles. The van der Waals surface area contributed by atoms with Crippen LogP contribution in [-0.4, -0.2) is 10.7 Å². The number of hydrogen-bond acceptors (Lipinski definition) is 1. The van der Waals surface area contributed by atoms with Crippen LogP contribution in [0.15, 0.2) is 0 Å². The quantitative estimate of drug-likeness (QED) is 0.717. The molecule has 0 saturated heterocycles. The largest absolute Gasteiger partial charge is 0.390 e. The summed E-state index contributed by atoms with van der Waals surface area (Å²) in [6, 6.07) is 0. The third-order valence-corrected chi connectivity index (χ3v) is 4.97. The molecule has 86 valence electrons. The summed E-state index contributed by atoms with van der Waals surface area (Å²) in [6.45, 7) is 19.3. The van der Waals surface area contributed by atoms with Crippen molar-refractivity contribution < 1.29 is 5.11 Å². The fourth-order valence-corrected chi connectivity index (χ4v) is 1.70. The minimum absolute atomic E-state index is 0.0677. The van der Waals surface area contributed by atoms with Gasteiger partial charge in [0.15, 0.2) is 0 Å². The third-order valence-electron chi connectivity index (χ3n) is 4.97. The summed E-state index contributed by atoms with van der Waals surface area (Å²) in [5, 5.41) is 10.2. The average molecular weight is 200 g/mol. The Morgan fingerprint density at radius 2 is 0.857 bits per heavy atom. The van der Waals surface area contributed by atoms with Gasteiger partial charge in [-0.1, -0.05) is 48.5 Å². The van der Waals surface area contributed by atoms with Crippen molar-refractivity contribution in [2.75, 3.05) is 0 Å². The Morgan fingerprint density at radius 1 is 0.571 bits per heavy atom. The second-order valence-corrected chi connectivity index (χ2v) is 7.06. The van der Waals surface area contributed by atoms with E-state index in [-0.39, 0.29) is 16.2 Å². The molecule has 0 aliphatic heterocycles. The summed E-state index contributed by atoms with van der Waals surface area (Å²) in [4.78, 5) is 0. The molecule has 0 rings (SSSR count). The van der Waals surface area contributed by atoms with Crippen molar-refractivity contribution in [2.24, 2.45) is 16.2 Å². The normalized spacial score (nSPS) is 15.9. The van der Waals surface area contributed by atoms with E-state index >= 15 is 0 Å². The standard InChI is InChI=1S/C13H28O/c1-10(2,3)11(4,5)12(6,7)13(8,9)14/h14H,1-9H3. The predicted molar refractivity (Wildman–Crippen MR) is 63.3 cm³/mol. The zero-order valence-corrected chi connectivity index (χ0v) is 11.4. The van der Waals surface area contributed by atoms with Gasteiger partial charge < -0.3 is 5.11 Å². The van der Waals surface area contributed by atoms with Gasteiger partial charge in [0.25, 0.3) is 0 Å². The first-order valence-electron chi connectivity index (χ1n) is 5.47. The molecular weight excluding hydrogens is 172 g/mol. The number of hydrogen-bond donors (Lipinski definition) is 1. The van der Waals surface area contributed by atoms with Crippen molar-refractivity contribution in [3.05, 3.63) is 0 Å². The summed E-state index contributed by atoms with van der Waals surface area (Å²) < 4.78 is 0. The van der Waals surface area contributed by atoms with Gasteiger partial charge in [-0.25, -0.2) is 0 Å². The molecule has 1 N–H and O–H groups in total. The van der Waals surface area contributed by atoms with E-state index in [9.17, 15) is 5.11 Å². The van der Waals surface area contributed by atoms with Gasteiger partial charge >= 0.3 is 0 Å². The highest BCUT2D eigenvalue weighted by atomic mass is 16.3. The molecule has 1 heteroatoms. The lowest BCUT2D eigenvalue weighted by Crippen LogP contribution is -2.54. The fraction of sp³-hybridized carbons (Fsp3) is 1.00. The van der Waals surface area contributed by atoms with Crippen molar-refractivity contribution in [3.8, 4) is 0 Å². The van der Waals surface area contributed by atoms with Crippen LogP contribution >= 0.6 is 0 Å². The van der Waals surface area contributed by atoms with E-state index in [1.54, 1.807) is 0 Å². The second-order valence-electron chi connectivity index (χ2n) is 7.06. The maximum Gasteiger partial charge on any atom is 0.0647 e. The van der Waals surface area contributed by atoms with E-state index in [0.717, 1.165) is 0 Å². The molecular formula is C13H28O. The third kappa shape index (κ3) is 1.98. The molecule has 0 heterocycles. The maximum absolute atomic E-state index is 10.2. The van der Waals surface area contributed by atoms with Gasteiger partial charge in [0.05, 0.1) is 5.60 Å². The zero-order valence-electron chi connectivity index (χ0n) is 11.4. The van der Waals surface area contributed by atoms with Crippen LogP contribution in [0.25, 0.3) is 0 Å². The molecule has 0 fully saturated rings. The van der Waals surface area contributed by atoms with Crippen LogP contribution in [0.4, 0.5) is 0 Å². The zero-order chi connectivity index (χ0) is 12.0. The molecule has 0 saturated carbocycles. The first-order chi connectivity index (χ1) is 5.75. The van der Waals surface area contributed by atoms with Crippen LogP contribution in [0.3, 0.4) is 0 Å². The predicted octanol–water partition coefficient (Wildman–Crippen LogP) is 3.86. The lowest BCUT2D eigenvalue weighted by atomic mass is 9.51. The number of aliphatic hydroxyl groups is 1. The van der Waals surface area contributed by atoms with Gasteiger partial charge in [0, 0.05) is 0 Å². The minimum Gasteiger partial charge on any atom is -0.390 e. The Morgan fingerprint density at radius 3 is 0.929 bits per heavy atom. The molecule has 1 nitrogen and oxygen atoms in total. The van der Waals surface area contributed by atoms with Crippen LogP contribution < -0.4 is 0 Å². The van der Waals surface area contributed by atoms with Crippen LogP contribution in [0.2, 0.25) is 0 Å². The molecule has 0 aliphatic rings. The molecule has 0 spiro atoms.